The third kappa shape index (κ3) is 1.29. The highest BCUT2D eigenvalue weighted by atomic mass is 35.5. The molecule has 1 aromatic carbocycles. The fourth-order valence-corrected chi connectivity index (χ4v) is 2.71. The van der Waals surface area contributed by atoms with Crippen molar-refractivity contribution in [1.82, 2.24) is 4.98 Å². The molecular weight excluding hydrogens is 208 g/mol. The first-order valence-corrected chi connectivity index (χ1v) is 5.69. The van der Waals surface area contributed by atoms with E-state index < -0.39 is 0 Å². The van der Waals surface area contributed by atoms with Crippen molar-refractivity contribution in [3.8, 4) is 0 Å². The van der Waals surface area contributed by atoms with Gasteiger partial charge in [0, 0.05) is 17.1 Å². The maximum absolute atomic E-state index is 6.15. The van der Waals surface area contributed by atoms with Crippen molar-refractivity contribution in [2.45, 2.75) is 25.3 Å². The fourth-order valence-electron chi connectivity index (χ4n) is 2.49. The van der Waals surface area contributed by atoms with Crippen LogP contribution < -0.4 is 5.73 Å². The van der Waals surface area contributed by atoms with Gasteiger partial charge in [0.05, 0.1) is 10.5 Å². The second-order valence-electron chi connectivity index (χ2n) is 4.18. The lowest BCUT2D eigenvalue weighted by Gasteiger charge is -2.18. The van der Waals surface area contributed by atoms with Crippen molar-refractivity contribution in [1.29, 1.82) is 0 Å². The monoisotopic (exact) mass is 220 g/mol. The summed E-state index contributed by atoms with van der Waals surface area (Å²) in [7, 11) is 0. The smallest absolute Gasteiger partial charge is 0.0648 e. The summed E-state index contributed by atoms with van der Waals surface area (Å²) >= 11 is 6.15. The number of hydrogen-bond donors (Lipinski definition) is 2. The highest BCUT2D eigenvalue weighted by Gasteiger charge is 2.21. The lowest BCUT2D eigenvalue weighted by molar-refractivity contribution is 0.562. The molecule has 3 N–H and O–H groups in total. The molecule has 3 rings (SSSR count). The van der Waals surface area contributed by atoms with Crippen molar-refractivity contribution < 1.29 is 0 Å². The van der Waals surface area contributed by atoms with Crippen LogP contribution in [0.4, 0.5) is 0 Å². The molecule has 0 radical (unpaired) electrons. The molecule has 78 valence electrons. The van der Waals surface area contributed by atoms with Crippen molar-refractivity contribution in [3.63, 3.8) is 0 Å². The molecule has 3 heteroatoms. The zero-order chi connectivity index (χ0) is 10.4. The van der Waals surface area contributed by atoms with Gasteiger partial charge >= 0.3 is 0 Å². The predicted octanol–water partition coefficient (Wildman–Crippen LogP) is 3.16. The van der Waals surface area contributed by atoms with E-state index in [1.165, 1.54) is 23.1 Å². The normalized spacial score (nSPS) is 20.5. The van der Waals surface area contributed by atoms with Gasteiger partial charge in [-0.15, -0.1) is 0 Å². The van der Waals surface area contributed by atoms with Crippen LogP contribution in [0.1, 0.15) is 30.1 Å². The van der Waals surface area contributed by atoms with Gasteiger partial charge in [-0.3, -0.25) is 0 Å². The largest absolute Gasteiger partial charge is 0.356 e. The summed E-state index contributed by atoms with van der Waals surface area (Å²) in [5, 5.41) is 2.03. The van der Waals surface area contributed by atoms with Crippen LogP contribution in [0.15, 0.2) is 18.2 Å². The van der Waals surface area contributed by atoms with Crippen LogP contribution in [0.3, 0.4) is 0 Å². The van der Waals surface area contributed by atoms with Crippen LogP contribution in [0.5, 0.6) is 0 Å². The van der Waals surface area contributed by atoms with E-state index in [-0.39, 0.29) is 6.04 Å². The van der Waals surface area contributed by atoms with Gasteiger partial charge in [0.15, 0.2) is 0 Å². The quantitative estimate of drug-likeness (QED) is 0.704. The van der Waals surface area contributed by atoms with Crippen molar-refractivity contribution >= 4 is 22.5 Å². The van der Waals surface area contributed by atoms with Crippen molar-refractivity contribution in [2.24, 2.45) is 5.73 Å². The highest BCUT2D eigenvalue weighted by molar-refractivity contribution is 6.35. The third-order valence-corrected chi connectivity index (χ3v) is 3.55. The van der Waals surface area contributed by atoms with Gasteiger partial charge < -0.3 is 10.7 Å². The molecule has 0 spiro atoms. The summed E-state index contributed by atoms with van der Waals surface area (Å²) in [4.78, 5) is 3.38. The maximum atomic E-state index is 6.15. The minimum atomic E-state index is 0.150. The molecule has 1 aliphatic carbocycles. The van der Waals surface area contributed by atoms with E-state index in [9.17, 15) is 0 Å². The molecule has 1 atom stereocenters. The molecule has 1 heterocycles. The first-order chi connectivity index (χ1) is 7.27. The van der Waals surface area contributed by atoms with Crippen LogP contribution >= 0.6 is 11.6 Å². The zero-order valence-electron chi connectivity index (χ0n) is 8.39. The second kappa shape index (κ2) is 3.26. The van der Waals surface area contributed by atoms with E-state index in [4.69, 9.17) is 17.3 Å². The number of nitrogens with two attached hydrogens (primary N) is 1. The summed E-state index contributed by atoms with van der Waals surface area (Å²) in [6.07, 6.45) is 3.36. The molecule has 15 heavy (non-hydrogen) atoms. The Bertz CT molecular complexity index is 516. The molecule has 0 fully saturated rings. The Morgan fingerprint density at radius 3 is 3.13 bits per heavy atom. The highest BCUT2D eigenvalue weighted by Crippen LogP contribution is 2.35. The first kappa shape index (κ1) is 9.25. The Morgan fingerprint density at radius 2 is 2.27 bits per heavy atom. The summed E-state index contributed by atoms with van der Waals surface area (Å²) < 4.78 is 0. The second-order valence-corrected chi connectivity index (χ2v) is 4.59. The molecular formula is C12H13ClN2. The summed E-state index contributed by atoms with van der Waals surface area (Å²) in [5.41, 5.74) is 9.68. The SMILES string of the molecule is NC1CCCc2c1[nH]c1c(Cl)cccc21. The van der Waals surface area contributed by atoms with Crippen molar-refractivity contribution in [3.05, 3.63) is 34.5 Å². The Balaban J connectivity index is 2.35. The number of para-hydroxylation sites is 1. The van der Waals surface area contributed by atoms with Crippen LogP contribution in [0.2, 0.25) is 5.02 Å². The summed E-state index contributed by atoms with van der Waals surface area (Å²) in [5.74, 6) is 0. The average molecular weight is 221 g/mol. The van der Waals surface area contributed by atoms with E-state index in [2.05, 4.69) is 11.1 Å². The number of nitrogens with one attached hydrogen (secondary N) is 1. The molecule has 0 bridgehead atoms. The lowest BCUT2D eigenvalue weighted by atomic mass is 9.92. The van der Waals surface area contributed by atoms with Crippen LogP contribution in [-0.4, -0.2) is 4.98 Å². The van der Waals surface area contributed by atoms with Gasteiger partial charge in [-0.05, 0) is 30.9 Å². The van der Waals surface area contributed by atoms with Gasteiger partial charge in [0.2, 0.25) is 0 Å². The van der Waals surface area contributed by atoms with Gasteiger partial charge in [0.25, 0.3) is 0 Å². The predicted molar refractivity (Wildman–Crippen MR) is 63.2 cm³/mol. The van der Waals surface area contributed by atoms with Gasteiger partial charge in [-0.1, -0.05) is 23.7 Å². The van der Waals surface area contributed by atoms with Gasteiger partial charge in [-0.25, -0.2) is 0 Å². The first-order valence-electron chi connectivity index (χ1n) is 5.32. The molecule has 2 aromatic rings. The number of fused-ring (bicyclic) bond motifs is 3. The number of benzene rings is 1. The molecule has 1 aliphatic rings. The molecule has 0 aliphatic heterocycles. The number of rotatable bonds is 0. The molecule has 1 aromatic heterocycles. The van der Waals surface area contributed by atoms with Crippen LogP contribution in [-0.2, 0) is 6.42 Å². The van der Waals surface area contributed by atoms with E-state index in [1.54, 1.807) is 0 Å². The molecule has 0 amide bonds. The minimum absolute atomic E-state index is 0.150. The summed E-state index contributed by atoms with van der Waals surface area (Å²) in [6, 6.07) is 6.18. The average Bonchev–Trinajstić information content (AvgIpc) is 2.60. The Kier molecular flexibility index (Phi) is 2.01. The maximum Gasteiger partial charge on any atom is 0.0648 e. The number of H-pyrrole nitrogens is 1. The minimum Gasteiger partial charge on any atom is -0.356 e. The number of halogens is 1. The standard InChI is InChI=1S/C12H13ClN2/c13-9-5-1-3-7-8-4-2-6-10(14)12(8)15-11(7)9/h1,3,5,10,15H,2,4,6,14H2. The van der Waals surface area contributed by atoms with Crippen LogP contribution in [0, 0.1) is 0 Å². The number of aromatic amines is 1. The fraction of sp³-hybridized carbons (Fsp3) is 0.333. The topological polar surface area (TPSA) is 41.8 Å². The number of aryl methyl sites for hydroxylation is 1. The van der Waals surface area contributed by atoms with Gasteiger partial charge in [-0.2, -0.15) is 0 Å². The zero-order valence-corrected chi connectivity index (χ0v) is 9.14. The summed E-state index contributed by atoms with van der Waals surface area (Å²) in [6.45, 7) is 0. The molecule has 0 saturated heterocycles. The van der Waals surface area contributed by atoms with E-state index in [0.29, 0.717) is 0 Å². The van der Waals surface area contributed by atoms with E-state index in [1.807, 2.05) is 12.1 Å². The van der Waals surface area contributed by atoms with Gasteiger partial charge in [0.1, 0.15) is 0 Å². The molecule has 1 unspecified atom stereocenters. The van der Waals surface area contributed by atoms with E-state index in [0.717, 1.165) is 23.4 Å². The third-order valence-electron chi connectivity index (χ3n) is 3.24. The molecule has 2 nitrogen and oxygen atoms in total. The Labute approximate surface area is 93.4 Å². The molecule has 0 saturated carbocycles. The Morgan fingerprint density at radius 1 is 1.40 bits per heavy atom. The number of aromatic nitrogens is 1. The number of hydrogen-bond acceptors (Lipinski definition) is 1. The van der Waals surface area contributed by atoms with E-state index >= 15 is 0 Å². The van der Waals surface area contributed by atoms with Crippen LogP contribution in [0.25, 0.3) is 10.9 Å². The lowest BCUT2D eigenvalue weighted by Crippen LogP contribution is -2.16. The Hall–Kier alpha value is -0.990. The van der Waals surface area contributed by atoms with Crippen molar-refractivity contribution in [2.75, 3.05) is 0 Å².